The Morgan fingerprint density at radius 1 is 1.38 bits per heavy atom. The molecule has 2 nitrogen and oxygen atoms in total. The summed E-state index contributed by atoms with van der Waals surface area (Å²) in [6.07, 6.45) is 4.22. The van der Waals surface area contributed by atoms with E-state index in [2.05, 4.69) is 6.07 Å². The summed E-state index contributed by atoms with van der Waals surface area (Å²) in [5.74, 6) is 1.67. The van der Waals surface area contributed by atoms with Gasteiger partial charge in [-0.1, -0.05) is 18.9 Å². The number of hydrogen-bond acceptors (Lipinski definition) is 3. The van der Waals surface area contributed by atoms with Gasteiger partial charge in [-0.2, -0.15) is 0 Å². The van der Waals surface area contributed by atoms with E-state index in [1.807, 2.05) is 18.2 Å². The Kier molecular flexibility index (Phi) is 3.77. The van der Waals surface area contributed by atoms with Crippen molar-refractivity contribution in [3.8, 4) is 5.75 Å². The standard InChI is InChI=1S/C13H18O2S/c1-15-11-5-4-6-12(9-11)16-10-13(14)7-2-3-8-13/h4-6,9,14H,2-3,7-8,10H2,1H3. The van der Waals surface area contributed by atoms with E-state index >= 15 is 0 Å². The molecule has 1 aliphatic carbocycles. The van der Waals surface area contributed by atoms with Crippen molar-refractivity contribution in [1.82, 2.24) is 0 Å². The van der Waals surface area contributed by atoms with Crippen LogP contribution >= 0.6 is 11.8 Å². The van der Waals surface area contributed by atoms with Crippen LogP contribution in [0.15, 0.2) is 29.2 Å². The highest BCUT2D eigenvalue weighted by molar-refractivity contribution is 7.99. The molecule has 0 atom stereocenters. The Labute approximate surface area is 101 Å². The highest BCUT2D eigenvalue weighted by atomic mass is 32.2. The first-order valence-electron chi connectivity index (χ1n) is 5.71. The molecule has 1 fully saturated rings. The smallest absolute Gasteiger partial charge is 0.119 e. The molecule has 1 aliphatic rings. The monoisotopic (exact) mass is 238 g/mol. The molecule has 0 spiro atoms. The Bertz CT molecular complexity index is 346. The van der Waals surface area contributed by atoms with Gasteiger partial charge in [0.2, 0.25) is 0 Å². The number of aliphatic hydroxyl groups is 1. The van der Waals surface area contributed by atoms with Gasteiger partial charge in [-0.25, -0.2) is 0 Å². The summed E-state index contributed by atoms with van der Waals surface area (Å²) in [7, 11) is 1.67. The van der Waals surface area contributed by atoms with Gasteiger partial charge in [-0.05, 0) is 31.0 Å². The van der Waals surface area contributed by atoms with Crippen LogP contribution in [0.2, 0.25) is 0 Å². The molecule has 1 saturated carbocycles. The van der Waals surface area contributed by atoms with E-state index in [4.69, 9.17) is 4.74 Å². The van der Waals surface area contributed by atoms with Crippen molar-refractivity contribution < 1.29 is 9.84 Å². The number of benzene rings is 1. The van der Waals surface area contributed by atoms with Gasteiger partial charge in [0.05, 0.1) is 12.7 Å². The third kappa shape index (κ3) is 2.92. The van der Waals surface area contributed by atoms with Gasteiger partial charge in [0.15, 0.2) is 0 Å². The maximum absolute atomic E-state index is 10.2. The molecule has 0 saturated heterocycles. The van der Waals surface area contributed by atoms with Crippen LogP contribution in [0.5, 0.6) is 5.75 Å². The molecule has 3 heteroatoms. The number of hydrogen-bond donors (Lipinski definition) is 1. The second kappa shape index (κ2) is 5.11. The first-order chi connectivity index (χ1) is 7.72. The van der Waals surface area contributed by atoms with Crippen molar-refractivity contribution in [2.24, 2.45) is 0 Å². The van der Waals surface area contributed by atoms with E-state index in [0.717, 1.165) is 37.2 Å². The van der Waals surface area contributed by atoms with Crippen LogP contribution < -0.4 is 4.74 Å². The molecule has 1 aromatic rings. The molecule has 0 aromatic heterocycles. The van der Waals surface area contributed by atoms with E-state index in [-0.39, 0.29) is 0 Å². The summed E-state index contributed by atoms with van der Waals surface area (Å²) < 4.78 is 5.18. The number of methoxy groups -OCH3 is 1. The topological polar surface area (TPSA) is 29.5 Å². The fraction of sp³-hybridized carbons (Fsp3) is 0.538. The first-order valence-corrected chi connectivity index (χ1v) is 6.70. The molecular weight excluding hydrogens is 220 g/mol. The molecule has 0 heterocycles. The Balaban J connectivity index is 1.93. The third-order valence-corrected chi connectivity index (χ3v) is 4.35. The van der Waals surface area contributed by atoms with E-state index in [1.165, 1.54) is 4.90 Å². The average molecular weight is 238 g/mol. The predicted molar refractivity (Wildman–Crippen MR) is 67.1 cm³/mol. The normalized spacial score (nSPS) is 18.6. The lowest BCUT2D eigenvalue weighted by Crippen LogP contribution is -2.26. The molecule has 1 aromatic carbocycles. The molecule has 0 amide bonds. The van der Waals surface area contributed by atoms with Gasteiger partial charge in [-0.15, -0.1) is 11.8 Å². The van der Waals surface area contributed by atoms with Crippen LogP contribution in [0.4, 0.5) is 0 Å². The van der Waals surface area contributed by atoms with E-state index < -0.39 is 5.60 Å². The van der Waals surface area contributed by atoms with Crippen LogP contribution in [-0.4, -0.2) is 23.6 Å². The molecule has 1 N–H and O–H groups in total. The Morgan fingerprint density at radius 3 is 2.81 bits per heavy atom. The molecule has 2 rings (SSSR count). The molecule has 0 unspecified atom stereocenters. The van der Waals surface area contributed by atoms with Crippen molar-refractivity contribution >= 4 is 11.8 Å². The summed E-state index contributed by atoms with van der Waals surface area (Å²) in [5.41, 5.74) is -0.437. The van der Waals surface area contributed by atoms with Gasteiger partial charge in [0.1, 0.15) is 5.75 Å². The lowest BCUT2D eigenvalue weighted by Gasteiger charge is -2.21. The highest BCUT2D eigenvalue weighted by Gasteiger charge is 2.30. The number of rotatable bonds is 4. The van der Waals surface area contributed by atoms with Crippen LogP contribution in [-0.2, 0) is 0 Å². The maximum Gasteiger partial charge on any atom is 0.119 e. The van der Waals surface area contributed by atoms with Gasteiger partial charge in [0, 0.05) is 10.6 Å². The highest BCUT2D eigenvalue weighted by Crippen LogP contribution is 2.35. The van der Waals surface area contributed by atoms with E-state index in [9.17, 15) is 5.11 Å². The summed E-state index contributed by atoms with van der Waals surface area (Å²) >= 11 is 1.72. The van der Waals surface area contributed by atoms with Gasteiger partial charge in [0.25, 0.3) is 0 Å². The van der Waals surface area contributed by atoms with Crippen LogP contribution in [0.3, 0.4) is 0 Å². The zero-order valence-corrected chi connectivity index (χ0v) is 10.4. The predicted octanol–water partition coefficient (Wildman–Crippen LogP) is 3.09. The zero-order valence-electron chi connectivity index (χ0n) is 9.61. The minimum Gasteiger partial charge on any atom is -0.497 e. The minimum atomic E-state index is -0.437. The summed E-state index contributed by atoms with van der Waals surface area (Å²) in [4.78, 5) is 1.17. The minimum absolute atomic E-state index is 0.437. The van der Waals surface area contributed by atoms with Gasteiger partial charge in [-0.3, -0.25) is 0 Å². The number of ether oxygens (including phenoxy) is 1. The van der Waals surface area contributed by atoms with Crippen molar-refractivity contribution in [3.63, 3.8) is 0 Å². The number of thioether (sulfide) groups is 1. The van der Waals surface area contributed by atoms with Crippen molar-refractivity contribution in [1.29, 1.82) is 0 Å². The van der Waals surface area contributed by atoms with Gasteiger partial charge >= 0.3 is 0 Å². The molecule has 0 radical (unpaired) electrons. The summed E-state index contributed by atoms with van der Waals surface area (Å²) in [6.45, 7) is 0. The fourth-order valence-electron chi connectivity index (χ4n) is 2.09. The average Bonchev–Trinajstić information content (AvgIpc) is 2.75. The van der Waals surface area contributed by atoms with Crippen molar-refractivity contribution in [2.45, 2.75) is 36.2 Å². The van der Waals surface area contributed by atoms with Crippen molar-refractivity contribution in [2.75, 3.05) is 12.9 Å². The van der Waals surface area contributed by atoms with Crippen LogP contribution in [0.1, 0.15) is 25.7 Å². The lowest BCUT2D eigenvalue weighted by molar-refractivity contribution is 0.0732. The molecule has 0 aliphatic heterocycles. The maximum atomic E-state index is 10.2. The Morgan fingerprint density at radius 2 is 2.12 bits per heavy atom. The Hall–Kier alpha value is -0.670. The molecular formula is C13H18O2S. The summed E-state index contributed by atoms with van der Waals surface area (Å²) in [6, 6.07) is 8.00. The van der Waals surface area contributed by atoms with E-state index in [0.29, 0.717) is 0 Å². The summed E-state index contributed by atoms with van der Waals surface area (Å²) in [5, 5.41) is 10.2. The largest absolute Gasteiger partial charge is 0.497 e. The fourth-order valence-corrected chi connectivity index (χ4v) is 3.18. The third-order valence-electron chi connectivity index (χ3n) is 3.08. The molecule has 88 valence electrons. The molecule has 16 heavy (non-hydrogen) atoms. The quantitative estimate of drug-likeness (QED) is 0.817. The SMILES string of the molecule is COc1cccc(SCC2(O)CCCC2)c1. The second-order valence-electron chi connectivity index (χ2n) is 4.40. The zero-order chi connectivity index (χ0) is 11.4. The van der Waals surface area contributed by atoms with Crippen LogP contribution in [0.25, 0.3) is 0 Å². The molecule has 0 bridgehead atoms. The van der Waals surface area contributed by atoms with Crippen molar-refractivity contribution in [3.05, 3.63) is 24.3 Å². The van der Waals surface area contributed by atoms with Gasteiger partial charge < -0.3 is 9.84 Å². The lowest BCUT2D eigenvalue weighted by atomic mass is 10.1. The first kappa shape index (κ1) is 11.8. The van der Waals surface area contributed by atoms with E-state index in [1.54, 1.807) is 18.9 Å². The van der Waals surface area contributed by atoms with Crippen LogP contribution in [0, 0.1) is 0 Å². The second-order valence-corrected chi connectivity index (χ2v) is 5.45.